The van der Waals surface area contributed by atoms with Crippen molar-refractivity contribution in [2.75, 3.05) is 20.1 Å². The maximum atomic E-state index is 11.7. The molecule has 0 aromatic carbocycles. The molecule has 0 aliphatic heterocycles. The Morgan fingerprint density at radius 1 is 1.35 bits per heavy atom. The topological polar surface area (TPSA) is 98.7 Å². The monoisotopic (exact) mass is 245 g/mol. The lowest BCUT2D eigenvalue weighted by atomic mass is 10.2. The molecule has 0 saturated carbocycles. The highest BCUT2D eigenvalue weighted by atomic mass is 16.4. The first-order valence-corrected chi connectivity index (χ1v) is 5.39. The van der Waals surface area contributed by atoms with Gasteiger partial charge in [-0.2, -0.15) is 0 Å². The number of hydrogen-bond donors (Lipinski definition) is 3. The van der Waals surface area contributed by atoms with Gasteiger partial charge in [0.2, 0.25) is 5.91 Å². The number of carbonyl (C=O) groups is 3. The summed E-state index contributed by atoms with van der Waals surface area (Å²) in [6, 6.07) is -0.855. The predicted molar refractivity (Wildman–Crippen MR) is 61.6 cm³/mol. The second-order valence-electron chi connectivity index (χ2n) is 3.56. The fourth-order valence-corrected chi connectivity index (χ4v) is 1.36. The quantitative estimate of drug-likeness (QED) is 0.594. The molecule has 0 fully saturated rings. The lowest BCUT2D eigenvalue weighted by Crippen LogP contribution is -2.48. The lowest BCUT2D eigenvalue weighted by molar-refractivity contribution is -0.138. The van der Waals surface area contributed by atoms with Crippen molar-refractivity contribution < 1.29 is 19.5 Å². The number of nitrogens with one attached hydrogen (secondary N) is 2. The van der Waals surface area contributed by atoms with Crippen molar-refractivity contribution >= 4 is 17.9 Å². The SMILES string of the molecule is CCN(C(=O)NCC(=O)NC)C(C)CC(=O)O. The van der Waals surface area contributed by atoms with Gasteiger partial charge in [0.25, 0.3) is 0 Å². The van der Waals surface area contributed by atoms with Crippen LogP contribution in [0.3, 0.4) is 0 Å². The van der Waals surface area contributed by atoms with Crippen LogP contribution in [0.5, 0.6) is 0 Å². The van der Waals surface area contributed by atoms with Crippen molar-refractivity contribution in [3.8, 4) is 0 Å². The van der Waals surface area contributed by atoms with E-state index in [2.05, 4.69) is 10.6 Å². The molecule has 7 heteroatoms. The van der Waals surface area contributed by atoms with Gasteiger partial charge in [0.05, 0.1) is 13.0 Å². The molecule has 0 spiro atoms. The molecule has 0 aromatic rings. The van der Waals surface area contributed by atoms with Gasteiger partial charge >= 0.3 is 12.0 Å². The van der Waals surface area contributed by atoms with Crippen LogP contribution >= 0.6 is 0 Å². The van der Waals surface area contributed by atoms with E-state index in [9.17, 15) is 14.4 Å². The molecular weight excluding hydrogens is 226 g/mol. The molecule has 3 N–H and O–H groups in total. The highest BCUT2D eigenvalue weighted by molar-refractivity contribution is 5.84. The normalized spacial score (nSPS) is 11.5. The van der Waals surface area contributed by atoms with E-state index in [4.69, 9.17) is 5.11 Å². The van der Waals surface area contributed by atoms with Gasteiger partial charge in [-0.1, -0.05) is 0 Å². The van der Waals surface area contributed by atoms with Crippen LogP contribution in [0.4, 0.5) is 4.79 Å². The molecule has 0 aliphatic carbocycles. The highest BCUT2D eigenvalue weighted by Crippen LogP contribution is 2.03. The lowest BCUT2D eigenvalue weighted by Gasteiger charge is -2.27. The smallest absolute Gasteiger partial charge is 0.318 e. The van der Waals surface area contributed by atoms with E-state index >= 15 is 0 Å². The van der Waals surface area contributed by atoms with Gasteiger partial charge in [-0.15, -0.1) is 0 Å². The van der Waals surface area contributed by atoms with Crippen LogP contribution < -0.4 is 10.6 Å². The van der Waals surface area contributed by atoms with Crippen molar-refractivity contribution in [1.82, 2.24) is 15.5 Å². The van der Waals surface area contributed by atoms with Gasteiger partial charge < -0.3 is 20.6 Å². The van der Waals surface area contributed by atoms with Gasteiger partial charge in [0.15, 0.2) is 0 Å². The zero-order chi connectivity index (χ0) is 13.4. The fraction of sp³-hybridized carbons (Fsp3) is 0.700. The van der Waals surface area contributed by atoms with Crippen LogP contribution in [0.25, 0.3) is 0 Å². The summed E-state index contributed by atoms with van der Waals surface area (Å²) < 4.78 is 0. The van der Waals surface area contributed by atoms with E-state index in [1.165, 1.54) is 11.9 Å². The van der Waals surface area contributed by atoms with Gasteiger partial charge in [-0.25, -0.2) is 4.79 Å². The Morgan fingerprint density at radius 2 is 1.94 bits per heavy atom. The Hall–Kier alpha value is -1.79. The number of likely N-dealkylation sites (N-methyl/N-ethyl adjacent to an activating group) is 1. The molecule has 3 amide bonds. The molecule has 0 aromatic heterocycles. The van der Waals surface area contributed by atoms with Crippen LogP contribution in [0, 0.1) is 0 Å². The minimum atomic E-state index is -0.963. The first-order chi connectivity index (χ1) is 7.92. The number of hydrogen-bond acceptors (Lipinski definition) is 3. The van der Waals surface area contributed by atoms with E-state index in [1.54, 1.807) is 13.8 Å². The van der Waals surface area contributed by atoms with Crippen LogP contribution in [-0.2, 0) is 9.59 Å². The number of carbonyl (C=O) groups excluding carboxylic acids is 2. The molecule has 0 heterocycles. The first kappa shape index (κ1) is 15.2. The summed E-state index contributed by atoms with van der Waals surface area (Å²) in [5.41, 5.74) is 0. The average Bonchev–Trinajstić information content (AvgIpc) is 2.25. The fourth-order valence-electron chi connectivity index (χ4n) is 1.36. The van der Waals surface area contributed by atoms with Crippen LogP contribution in [-0.4, -0.2) is 54.1 Å². The summed E-state index contributed by atoms with van der Waals surface area (Å²) >= 11 is 0. The minimum Gasteiger partial charge on any atom is -0.481 e. The molecule has 7 nitrogen and oxygen atoms in total. The summed E-state index contributed by atoms with van der Waals surface area (Å²) in [5.74, 6) is -1.27. The Labute approximate surface area is 100 Å². The number of amides is 3. The number of aliphatic carboxylic acids is 1. The Kier molecular flexibility index (Phi) is 6.69. The van der Waals surface area contributed by atoms with Crippen molar-refractivity contribution in [3.05, 3.63) is 0 Å². The zero-order valence-corrected chi connectivity index (χ0v) is 10.3. The van der Waals surface area contributed by atoms with Gasteiger partial charge in [0.1, 0.15) is 0 Å². The van der Waals surface area contributed by atoms with Crippen molar-refractivity contribution in [1.29, 1.82) is 0 Å². The van der Waals surface area contributed by atoms with E-state index in [0.29, 0.717) is 6.54 Å². The number of urea groups is 1. The molecule has 1 atom stereocenters. The Morgan fingerprint density at radius 3 is 2.35 bits per heavy atom. The molecule has 0 bridgehead atoms. The predicted octanol–water partition coefficient (Wildman–Crippen LogP) is -0.373. The van der Waals surface area contributed by atoms with Crippen LogP contribution in [0.2, 0.25) is 0 Å². The van der Waals surface area contributed by atoms with E-state index in [0.717, 1.165) is 0 Å². The largest absolute Gasteiger partial charge is 0.481 e. The van der Waals surface area contributed by atoms with Crippen LogP contribution in [0.1, 0.15) is 20.3 Å². The number of carboxylic acids is 1. The summed E-state index contributed by atoms with van der Waals surface area (Å²) in [4.78, 5) is 34.5. The molecule has 0 radical (unpaired) electrons. The van der Waals surface area contributed by atoms with Gasteiger partial charge in [-0.05, 0) is 13.8 Å². The summed E-state index contributed by atoms with van der Waals surface area (Å²) in [5, 5.41) is 13.4. The van der Waals surface area contributed by atoms with E-state index in [-0.39, 0.29) is 18.9 Å². The van der Waals surface area contributed by atoms with Crippen molar-refractivity contribution in [2.45, 2.75) is 26.3 Å². The summed E-state index contributed by atoms with van der Waals surface area (Å²) in [7, 11) is 1.47. The third-order valence-electron chi connectivity index (χ3n) is 2.28. The summed E-state index contributed by atoms with van der Waals surface area (Å²) in [6.45, 7) is 3.66. The first-order valence-electron chi connectivity index (χ1n) is 5.39. The summed E-state index contributed by atoms with van der Waals surface area (Å²) in [6.07, 6.45) is -0.124. The maximum Gasteiger partial charge on any atom is 0.318 e. The van der Waals surface area contributed by atoms with Crippen LogP contribution in [0.15, 0.2) is 0 Å². The highest BCUT2D eigenvalue weighted by Gasteiger charge is 2.20. The van der Waals surface area contributed by atoms with Gasteiger partial charge in [0, 0.05) is 19.6 Å². The minimum absolute atomic E-state index is 0.119. The standard InChI is InChI=1S/C10H19N3O4/c1-4-13(7(2)5-9(15)16)10(17)12-6-8(14)11-3/h7H,4-6H2,1-3H3,(H,11,14)(H,12,17)(H,15,16). The van der Waals surface area contributed by atoms with Gasteiger partial charge in [-0.3, -0.25) is 9.59 Å². The number of carboxylic acid groups (broad SMARTS) is 1. The van der Waals surface area contributed by atoms with E-state index in [1.807, 2.05) is 0 Å². The molecule has 17 heavy (non-hydrogen) atoms. The number of rotatable bonds is 6. The molecular formula is C10H19N3O4. The van der Waals surface area contributed by atoms with Crippen molar-refractivity contribution in [2.24, 2.45) is 0 Å². The molecule has 0 saturated heterocycles. The van der Waals surface area contributed by atoms with Crippen molar-refractivity contribution in [3.63, 3.8) is 0 Å². The average molecular weight is 245 g/mol. The third kappa shape index (κ3) is 5.74. The molecule has 98 valence electrons. The molecule has 0 rings (SSSR count). The third-order valence-corrected chi connectivity index (χ3v) is 2.28. The Bertz CT molecular complexity index is 293. The zero-order valence-electron chi connectivity index (χ0n) is 10.3. The number of nitrogens with zero attached hydrogens (tertiary/aromatic N) is 1. The second-order valence-corrected chi connectivity index (χ2v) is 3.56. The molecule has 1 unspecified atom stereocenters. The maximum absolute atomic E-state index is 11.7. The molecule has 0 aliphatic rings. The Balaban J connectivity index is 4.29. The van der Waals surface area contributed by atoms with E-state index < -0.39 is 18.0 Å². The second kappa shape index (κ2) is 7.48.